The van der Waals surface area contributed by atoms with Gasteiger partial charge >= 0.3 is 6.03 Å². The fourth-order valence-electron chi connectivity index (χ4n) is 2.92. The number of amides is 3. The summed E-state index contributed by atoms with van der Waals surface area (Å²) in [5, 5.41) is 11.4. The molecule has 0 bridgehead atoms. The molecule has 0 aliphatic carbocycles. The van der Waals surface area contributed by atoms with E-state index in [1.807, 2.05) is 0 Å². The molecule has 1 fully saturated rings. The largest absolute Gasteiger partial charge is 0.457 e. The smallest absolute Gasteiger partial charge is 0.329 e. The van der Waals surface area contributed by atoms with Crippen LogP contribution in [0, 0.1) is 17.1 Å². The second kappa shape index (κ2) is 7.44. The van der Waals surface area contributed by atoms with Crippen molar-refractivity contribution in [3.63, 3.8) is 0 Å². The number of nitriles is 1. The first-order valence-electron chi connectivity index (χ1n) is 8.73. The summed E-state index contributed by atoms with van der Waals surface area (Å²) in [4.78, 5) is 25.8. The summed E-state index contributed by atoms with van der Waals surface area (Å²) in [5.74, 6) is 0.0935. The fourth-order valence-corrected chi connectivity index (χ4v) is 2.92. The Morgan fingerprint density at radius 2 is 1.76 bits per heavy atom. The van der Waals surface area contributed by atoms with Crippen molar-refractivity contribution in [2.45, 2.75) is 6.54 Å². The maximum Gasteiger partial charge on any atom is 0.329 e. The van der Waals surface area contributed by atoms with Crippen molar-refractivity contribution in [3.05, 3.63) is 89.1 Å². The summed E-state index contributed by atoms with van der Waals surface area (Å²) in [7, 11) is 0. The topological polar surface area (TPSA) is 86.3 Å². The summed E-state index contributed by atoms with van der Waals surface area (Å²) in [6.07, 6.45) is 1.46. The number of nitrogens with one attached hydrogen (secondary N) is 1. The van der Waals surface area contributed by atoms with E-state index < -0.39 is 11.9 Å². The van der Waals surface area contributed by atoms with Crippen LogP contribution in [0.15, 0.2) is 70.8 Å². The van der Waals surface area contributed by atoms with Crippen molar-refractivity contribution < 1.29 is 18.4 Å². The van der Waals surface area contributed by atoms with Gasteiger partial charge in [0.05, 0.1) is 18.2 Å². The third-order valence-electron chi connectivity index (χ3n) is 4.43. The number of furan rings is 1. The first-order valence-corrected chi connectivity index (χ1v) is 8.73. The number of urea groups is 1. The Morgan fingerprint density at radius 1 is 1.03 bits per heavy atom. The van der Waals surface area contributed by atoms with Gasteiger partial charge in [0.2, 0.25) is 0 Å². The van der Waals surface area contributed by atoms with Crippen molar-refractivity contribution >= 4 is 18.0 Å². The molecule has 7 heteroatoms. The van der Waals surface area contributed by atoms with Gasteiger partial charge in [-0.25, -0.2) is 9.18 Å². The molecule has 1 aromatic heterocycles. The summed E-state index contributed by atoms with van der Waals surface area (Å²) in [5.41, 5.74) is 2.06. The lowest BCUT2D eigenvalue weighted by molar-refractivity contribution is -0.123. The molecule has 6 nitrogen and oxygen atoms in total. The molecule has 0 atom stereocenters. The molecule has 1 aliphatic heterocycles. The molecule has 142 valence electrons. The van der Waals surface area contributed by atoms with Crippen LogP contribution in [0.4, 0.5) is 9.18 Å². The van der Waals surface area contributed by atoms with Gasteiger partial charge in [-0.3, -0.25) is 9.69 Å². The van der Waals surface area contributed by atoms with Gasteiger partial charge in [0.15, 0.2) is 0 Å². The van der Waals surface area contributed by atoms with E-state index in [1.54, 1.807) is 36.4 Å². The number of rotatable bonds is 4. The molecular weight excluding hydrogens is 373 g/mol. The normalized spacial score (nSPS) is 14.9. The van der Waals surface area contributed by atoms with E-state index in [-0.39, 0.29) is 18.1 Å². The van der Waals surface area contributed by atoms with Crippen LogP contribution in [0.25, 0.3) is 17.4 Å². The fraction of sp³-hybridized carbons (Fsp3) is 0.0455. The standard InChI is InChI=1S/C22H14FN3O3/c23-17-7-3-15(4-8-17)13-26-21(27)19(25-22(26)28)11-18-9-10-20(29-18)16-5-1-14(12-24)2-6-16/h1-11H,13H2,(H,25,28). The lowest BCUT2D eigenvalue weighted by Gasteiger charge is -2.11. The van der Waals surface area contributed by atoms with E-state index in [9.17, 15) is 14.0 Å². The lowest BCUT2D eigenvalue weighted by atomic mass is 10.1. The van der Waals surface area contributed by atoms with E-state index >= 15 is 0 Å². The monoisotopic (exact) mass is 387 g/mol. The van der Waals surface area contributed by atoms with Gasteiger partial charge in [-0.05, 0) is 54.1 Å². The van der Waals surface area contributed by atoms with Crippen LogP contribution in [0.2, 0.25) is 0 Å². The molecular formula is C22H14FN3O3. The molecule has 1 aliphatic rings. The van der Waals surface area contributed by atoms with Crippen LogP contribution < -0.4 is 5.32 Å². The first-order chi connectivity index (χ1) is 14.0. The molecule has 3 amide bonds. The SMILES string of the molecule is N#Cc1ccc(-c2ccc(C=C3NC(=O)N(Cc4ccc(F)cc4)C3=O)o2)cc1. The molecule has 0 unspecified atom stereocenters. The van der Waals surface area contributed by atoms with E-state index in [0.29, 0.717) is 22.6 Å². The van der Waals surface area contributed by atoms with Gasteiger partial charge < -0.3 is 9.73 Å². The van der Waals surface area contributed by atoms with Gasteiger partial charge in [-0.15, -0.1) is 0 Å². The van der Waals surface area contributed by atoms with Gasteiger partial charge in [-0.2, -0.15) is 5.26 Å². The van der Waals surface area contributed by atoms with Crippen molar-refractivity contribution in [1.82, 2.24) is 10.2 Å². The van der Waals surface area contributed by atoms with E-state index in [1.165, 1.54) is 30.3 Å². The minimum absolute atomic E-state index is 0.0386. The van der Waals surface area contributed by atoms with Crippen molar-refractivity contribution in [1.29, 1.82) is 5.26 Å². The Balaban J connectivity index is 1.52. The lowest BCUT2D eigenvalue weighted by Crippen LogP contribution is -2.30. The maximum atomic E-state index is 13.0. The number of carbonyl (C=O) groups is 2. The van der Waals surface area contributed by atoms with Gasteiger partial charge in [0.25, 0.3) is 5.91 Å². The Hall–Kier alpha value is -4.18. The molecule has 0 spiro atoms. The molecule has 2 heterocycles. The molecule has 2 aromatic carbocycles. The summed E-state index contributed by atoms with van der Waals surface area (Å²) in [6, 6.07) is 17.4. The zero-order chi connectivity index (χ0) is 20.4. The molecule has 4 rings (SSSR count). The van der Waals surface area contributed by atoms with Crippen LogP contribution in [0.3, 0.4) is 0 Å². The molecule has 1 saturated heterocycles. The third kappa shape index (κ3) is 3.77. The first kappa shape index (κ1) is 18.2. The third-order valence-corrected chi connectivity index (χ3v) is 4.43. The summed E-state index contributed by atoms with van der Waals surface area (Å²) < 4.78 is 18.8. The molecule has 29 heavy (non-hydrogen) atoms. The zero-order valence-electron chi connectivity index (χ0n) is 15.1. The minimum Gasteiger partial charge on any atom is -0.457 e. The molecule has 0 radical (unpaired) electrons. The van der Waals surface area contributed by atoms with Gasteiger partial charge in [0, 0.05) is 11.6 Å². The second-order valence-corrected chi connectivity index (χ2v) is 6.40. The highest BCUT2D eigenvalue weighted by Crippen LogP contribution is 2.25. The maximum absolute atomic E-state index is 13.0. The van der Waals surface area contributed by atoms with Crippen LogP contribution in [-0.2, 0) is 11.3 Å². The number of imide groups is 1. The highest BCUT2D eigenvalue weighted by Gasteiger charge is 2.33. The number of hydrogen-bond acceptors (Lipinski definition) is 4. The van der Waals surface area contributed by atoms with Gasteiger partial charge in [0.1, 0.15) is 23.0 Å². The number of halogens is 1. The number of nitrogens with zero attached hydrogens (tertiary/aromatic N) is 2. The van der Waals surface area contributed by atoms with Crippen LogP contribution in [0.1, 0.15) is 16.9 Å². The zero-order valence-corrected chi connectivity index (χ0v) is 15.1. The summed E-state index contributed by atoms with van der Waals surface area (Å²) in [6.45, 7) is 0.0386. The quantitative estimate of drug-likeness (QED) is 0.540. The Labute approximate surface area is 165 Å². The van der Waals surface area contributed by atoms with Crippen molar-refractivity contribution in [2.75, 3.05) is 0 Å². The highest BCUT2D eigenvalue weighted by atomic mass is 19.1. The molecule has 0 saturated carbocycles. The van der Waals surface area contributed by atoms with Crippen molar-refractivity contribution in [3.8, 4) is 17.4 Å². The number of hydrogen-bond donors (Lipinski definition) is 1. The molecule has 3 aromatic rings. The number of benzene rings is 2. The highest BCUT2D eigenvalue weighted by molar-refractivity contribution is 6.13. The predicted molar refractivity (Wildman–Crippen MR) is 102 cm³/mol. The van der Waals surface area contributed by atoms with Crippen molar-refractivity contribution in [2.24, 2.45) is 0 Å². The second-order valence-electron chi connectivity index (χ2n) is 6.40. The predicted octanol–water partition coefficient (Wildman–Crippen LogP) is 4.05. The van der Waals surface area contributed by atoms with E-state index in [2.05, 4.69) is 11.4 Å². The van der Waals surface area contributed by atoms with Crippen LogP contribution in [0.5, 0.6) is 0 Å². The Kier molecular flexibility index (Phi) is 4.67. The van der Waals surface area contributed by atoms with Crippen LogP contribution in [-0.4, -0.2) is 16.8 Å². The van der Waals surface area contributed by atoms with Gasteiger partial charge in [-0.1, -0.05) is 12.1 Å². The van der Waals surface area contributed by atoms with Crippen LogP contribution >= 0.6 is 0 Å². The Bertz CT molecular complexity index is 1160. The Morgan fingerprint density at radius 3 is 2.45 bits per heavy atom. The average Bonchev–Trinajstić information content (AvgIpc) is 3.30. The van der Waals surface area contributed by atoms with E-state index in [4.69, 9.17) is 9.68 Å². The average molecular weight is 387 g/mol. The molecule has 1 N–H and O–H groups in total. The minimum atomic E-state index is -0.551. The van der Waals surface area contributed by atoms with E-state index in [0.717, 1.165) is 10.5 Å². The number of carbonyl (C=O) groups excluding carboxylic acids is 2. The summed E-state index contributed by atoms with van der Waals surface area (Å²) >= 11 is 0.